The third-order valence-electron chi connectivity index (χ3n) is 5.68. The third kappa shape index (κ3) is 6.67. The number of piperidine rings is 1. The maximum absolute atomic E-state index is 12.9. The fraction of sp³-hybridized carbons (Fsp3) is 0.435. The van der Waals surface area contributed by atoms with Crippen molar-refractivity contribution in [2.75, 3.05) is 44.3 Å². The molecule has 10 heteroatoms. The lowest BCUT2D eigenvalue weighted by Gasteiger charge is -2.44. The lowest BCUT2D eigenvalue weighted by molar-refractivity contribution is -0.192. The number of carboxylic acid groups (broad SMARTS) is 1. The quantitative estimate of drug-likeness (QED) is 0.732. The smallest absolute Gasteiger partial charge is 0.475 e. The van der Waals surface area contributed by atoms with Crippen molar-refractivity contribution in [3.63, 3.8) is 0 Å². The van der Waals surface area contributed by atoms with Crippen molar-refractivity contribution in [1.82, 2.24) is 9.88 Å². The summed E-state index contributed by atoms with van der Waals surface area (Å²) in [6.45, 7) is 4.83. The first kappa shape index (κ1) is 24.5. The van der Waals surface area contributed by atoms with E-state index in [2.05, 4.69) is 34.1 Å². The summed E-state index contributed by atoms with van der Waals surface area (Å²) in [5.41, 5.74) is 1.94. The van der Waals surface area contributed by atoms with Crippen LogP contribution in [0, 0.1) is 5.41 Å². The van der Waals surface area contributed by atoms with Gasteiger partial charge in [-0.3, -0.25) is 9.78 Å². The molecule has 2 aromatic rings. The van der Waals surface area contributed by atoms with Crippen LogP contribution in [-0.4, -0.2) is 72.4 Å². The highest BCUT2D eigenvalue weighted by molar-refractivity contribution is 5.94. The van der Waals surface area contributed by atoms with E-state index in [4.69, 9.17) is 14.6 Å². The average Bonchev–Trinajstić information content (AvgIpc) is 3.02. The number of ether oxygens (including phenoxy) is 1. The fourth-order valence-corrected chi connectivity index (χ4v) is 4.16. The van der Waals surface area contributed by atoms with Crippen LogP contribution in [0.2, 0.25) is 0 Å². The summed E-state index contributed by atoms with van der Waals surface area (Å²) in [6, 6.07) is 14.1. The molecule has 2 saturated heterocycles. The van der Waals surface area contributed by atoms with Gasteiger partial charge in [-0.25, -0.2) is 4.79 Å². The molecule has 2 fully saturated rings. The molecule has 7 nitrogen and oxygen atoms in total. The van der Waals surface area contributed by atoms with E-state index in [9.17, 15) is 18.0 Å². The van der Waals surface area contributed by atoms with Gasteiger partial charge in [-0.05, 0) is 37.1 Å². The van der Waals surface area contributed by atoms with Gasteiger partial charge in [0.05, 0.1) is 13.2 Å². The Morgan fingerprint density at radius 1 is 1.03 bits per heavy atom. The van der Waals surface area contributed by atoms with Gasteiger partial charge in [-0.2, -0.15) is 13.2 Å². The second kappa shape index (κ2) is 10.7. The molecule has 1 amide bonds. The first-order chi connectivity index (χ1) is 15.7. The molecule has 1 unspecified atom stereocenters. The first-order valence-corrected chi connectivity index (χ1v) is 10.6. The fourth-order valence-electron chi connectivity index (χ4n) is 4.16. The van der Waals surface area contributed by atoms with Gasteiger partial charge in [0, 0.05) is 55.2 Å². The molecule has 1 aromatic heterocycles. The van der Waals surface area contributed by atoms with Crippen molar-refractivity contribution in [2.45, 2.75) is 19.0 Å². The molecular weight excluding hydrogens is 439 g/mol. The van der Waals surface area contributed by atoms with Crippen molar-refractivity contribution in [3.05, 3.63) is 60.4 Å². The number of aromatic nitrogens is 1. The summed E-state index contributed by atoms with van der Waals surface area (Å²) in [4.78, 5) is 30.2. The number of likely N-dealkylation sites (tertiary alicyclic amines) is 1. The second-order valence-electron chi connectivity index (χ2n) is 8.18. The number of anilines is 1. The van der Waals surface area contributed by atoms with Crippen molar-refractivity contribution in [1.29, 1.82) is 0 Å². The van der Waals surface area contributed by atoms with Gasteiger partial charge in [0.25, 0.3) is 5.91 Å². The summed E-state index contributed by atoms with van der Waals surface area (Å²) in [6.07, 6.45) is 0.386. The Labute approximate surface area is 189 Å². The molecule has 2 aliphatic heterocycles. The van der Waals surface area contributed by atoms with E-state index in [1.165, 1.54) is 5.69 Å². The molecule has 3 heterocycles. The van der Waals surface area contributed by atoms with E-state index in [1.807, 2.05) is 11.0 Å². The van der Waals surface area contributed by atoms with Gasteiger partial charge in [0.2, 0.25) is 0 Å². The number of para-hydroxylation sites is 1. The summed E-state index contributed by atoms with van der Waals surface area (Å²) in [5, 5.41) is 7.12. The minimum absolute atomic E-state index is 0.00666. The van der Waals surface area contributed by atoms with E-state index < -0.39 is 12.1 Å². The number of pyridine rings is 1. The molecule has 0 bridgehead atoms. The Bertz CT molecular complexity index is 928. The maximum Gasteiger partial charge on any atom is 0.490 e. The van der Waals surface area contributed by atoms with Crippen LogP contribution in [0.15, 0.2) is 54.9 Å². The number of carbonyl (C=O) groups is 2. The first-order valence-electron chi connectivity index (χ1n) is 10.6. The molecule has 33 heavy (non-hydrogen) atoms. The van der Waals surface area contributed by atoms with E-state index in [1.54, 1.807) is 24.5 Å². The monoisotopic (exact) mass is 465 g/mol. The molecule has 178 valence electrons. The zero-order chi connectivity index (χ0) is 23.9. The zero-order valence-corrected chi connectivity index (χ0v) is 18.0. The van der Waals surface area contributed by atoms with Crippen molar-refractivity contribution in [3.8, 4) is 0 Å². The van der Waals surface area contributed by atoms with Crippen LogP contribution in [0.25, 0.3) is 0 Å². The van der Waals surface area contributed by atoms with Gasteiger partial charge in [0.1, 0.15) is 0 Å². The van der Waals surface area contributed by atoms with E-state index in [-0.39, 0.29) is 11.3 Å². The van der Waals surface area contributed by atoms with E-state index in [0.717, 1.165) is 52.2 Å². The van der Waals surface area contributed by atoms with Crippen LogP contribution < -0.4 is 4.90 Å². The molecule has 2 aliphatic rings. The minimum Gasteiger partial charge on any atom is -0.475 e. The Morgan fingerprint density at radius 2 is 1.70 bits per heavy atom. The van der Waals surface area contributed by atoms with Gasteiger partial charge < -0.3 is 19.6 Å². The summed E-state index contributed by atoms with van der Waals surface area (Å²) in [5.74, 6) is -2.66. The number of amides is 1. The van der Waals surface area contributed by atoms with E-state index in [0.29, 0.717) is 5.56 Å². The highest BCUT2D eigenvalue weighted by Crippen LogP contribution is 2.35. The number of rotatable bonds is 2. The predicted molar refractivity (Wildman–Crippen MR) is 115 cm³/mol. The van der Waals surface area contributed by atoms with Crippen molar-refractivity contribution in [2.24, 2.45) is 5.41 Å². The number of alkyl halides is 3. The molecule has 1 spiro atoms. The minimum atomic E-state index is -5.08. The van der Waals surface area contributed by atoms with Crippen LogP contribution in [0.1, 0.15) is 23.2 Å². The predicted octanol–water partition coefficient (Wildman–Crippen LogP) is 3.47. The number of nitrogens with zero attached hydrogens (tertiary/aromatic N) is 3. The molecule has 0 saturated carbocycles. The van der Waals surface area contributed by atoms with Gasteiger partial charge >= 0.3 is 12.1 Å². The van der Waals surface area contributed by atoms with Gasteiger partial charge in [-0.1, -0.05) is 18.2 Å². The summed E-state index contributed by atoms with van der Waals surface area (Å²) < 4.78 is 37.7. The summed E-state index contributed by atoms with van der Waals surface area (Å²) >= 11 is 0. The Kier molecular flexibility index (Phi) is 7.91. The normalized spacial score (nSPS) is 21.1. The molecule has 0 radical (unpaired) electrons. The van der Waals surface area contributed by atoms with Crippen LogP contribution in [0.5, 0.6) is 0 Å². The zero-order valence-electron chi connectivity index (χ0n) is 18.0. The number of halogens is 3. The molecule has 1 N–H and O–H groups in total. The molecule has 4 rings (SSSR count). The van der Waals surface area contributed by atoms with Crippen LogP contribution in [0.4, 0.5) is 18.9 Å². The number of benzene rings is 1. The summed E-state index contributed by atoms with van der Waals surface area (Å²) in [7, 11) is 0. The van der Waals surface area contributed by atoms with E-state index >= 15 is 0 Å². The average molecular weight is 465 g/mol. The number of carbonyl (C=O) groups excluding carboxylic acids is 1. The van der Waals surface area contributed by atoms with Crippen molar-refractivity contribution < 1.29 is 32.6 Å². The number of hydrogen-bond donors (Lipinski definition) is 1. The van der Waals surface area contributed by atoms with Gasteiger partial charge in [-0.15, -0.1) is 0 Å². The maximum atomic E-state index is 12.9. The lowest BCUT2D eigenvalue weighted by atomic mass is 9.79. The Balaban J connectivity index is 0.000000383. The second-order valence-corrected chi connectivity index (χ2v) is 8.18. The van der Waals surface area contributed by atoms with Crippen LogP contribution in [0.3, 0.4) is 0 Å². The number of aliphatic carboxylic acids is 1. The standard InChI is InChI=1S/C21H25N3O2.C2HF3O2/c25-20(18-7-10-22-11-8-18)24-12-4-9-21(16-24)15-23(13-14-26-17-21)19-5-2-1-3-6-19;3-2(4,5)1(6)7/h1-3,5-8,10-11H,4,9,12-17H2;(H,6,7). The molecule has 0 aliphatic carbocycles. The van der Waals surface area contributed by atoms with Crippen molar-refractivity contribution >= 4 is 17.6 Å². The Morgan fingerprint density at radius 3 is 2.33 bits per heavy atom. The SMILES string of the molecule is O=C(O)C(F)(F)F.O=C(c1ccncc1)N1CCCC2(COCCN(c3ccccc3)C2)C1. The largest absolute Gasteiger partial charge is 0.490 e. The van der Waals surface area contributed by atoms with Crippen LogP contribution >= 0.6 is 0 Å². The molecular formula is C23H26F3N3O4. The number of carboxylic acids is 1. The molecule has 1 atom stereocenters. The third-order valence-corrected chi connectivity index (χ3v) is 5.68. The number of hydrogen-bond acceptors (Lipinski definition) is 5. The highest BCUT2D eigenvalue weighted by atomic mass is 19.4. The van der Waals surface area contributed by atoms with Gasteiger partial charge in [0.15, 0.2) is 0 Å². The molecule has 1 aromatic carbocycles. The highest BCUT2D eigenvalue weighted by Gasteiger charge is 2.40. The lowest BCUT2D eigenvalue weighted by Crippen LogP contribution is -2.52. The topological polar surface area (TPSA) is 83.0 Å². The Hall–Kier alpha value is -3.14. The van der Waals surface area contributed by atoms with Crippen LogP contribution in [-0.2, 0) is 9.53 Å².